The summed E-state index contributed by atoms with van der Waals surface area (Å²) in [5.41, 5.74) is 1.27. The third-order valence-electron chi connectivity index (χ3n) is 6.73. The Bertz CT molecular complexity index is 1110. The van der Waals surface area contributed by atoms with Crippen LogP contribution >= 0.6 is 0 Å². The van der Waals surface area contributed by atoms with E-state index in [4.69, 9.17) is 37.9 Å². The molecule has 16 nitrogen and oxygen atoms in total. The molecule has 0 N–H and O–H groups in total. The molecule has 1 aliphatic rings. The first-order chi connectivity index (χ1) is 22.4. The van der Waals surface area contributed by atoms with Crippen LogP contribution in [-0.2, 0) is 28.4 Å². The van der Waals surface area contributed by atoms with Crippen molar-refractivity contribution in [3.05, 3.63) is 56.6 Å². The Morgan fingerprint density at radius 1 is 0.500 bits per heavy atom. The van der Waals surface area contributed by atoms with E-state index >= 15 is 0 Å². The number of non-ortho nitro benzene ring substituents is 2. The van der Waals surface area contributed by atoms with Crippen molar-refractivity contribution in [3.63, 3.8) is 0 Å². The quantitative estimate of drug-likeness (QED) is 0.343. The summed E-state index contributed by atoms with van der Waals surface area (Å²) < 4.78 is 45.3. The Kier molecular flexibility index (Phi) is 16.8. The molecule has 2 aromatic carbocycles. The van der Waals surface area contributed by atoms with Crippen molar-refractivity contribution in [1.82, 2.24) is 0 Å². The molecule has 1 aliphatic heterocycles. The molecule has 0 fully saturated rings. The van der Waals surface area contributed by atoms with Crippen LogP contribution in [0.25, 0.3) is 0 Å². The lowest BCUT2D eigenvalue weighted by atomic mass is 10.2. The van der Waals surface area contributed by atoms with Crippen LogP contribution in [-0.4, -0.2) is 130 Å². The van der Waals surface area contributed by atoms with Crippen molar-refractivity contribution < 1.29 is 47.7 Å². The van der Waals surface area contributed by atoms with Gasteiger partial charge >= 0.3 is 0 Å². The number of rotatable bonds is 2. The minimum absolute atomic E-state index is 0.0643. The lowest BCUT2D eigenvalue weighted by molar-refractivity contribution is -0.385. The summed E-state index contributed by atoms with van der Waals surface area (Å²) in [6.07, 6.45) is 0. The lowest BCUT2D eigenvalue weighted by Crippen LogP contribution is -2.25. The number of hydrogen-bond donors (Lipinski definition) is 0. The number of fused-ring (bicyclic) bond motifs is 2. The number of ether oxygens (including phenoxy) is 8. The van der Waals surface area contributed by atoms with Crippen LogP contribution in [0.15, 0.2) is 36.4 Å². The average Bonchev–Trinajstić information content (AvgIpc) is 3.04. The molecule has 256 valence electrons. The van der Waals surface area contributed by atoms with Gasteiger partial charge in [-0.3, -0.25) is 20.2 Å². The molecule has 46 heavy (non-hydrogen) atoms. The number of benzene rings is 2. The normalized spacial score (nSPS) is 18.2. The van der Waals surface area contributed by atoms with E-state index in [1.807, 2.05) is 23.9 Å². The van der Waals surface area contributed by atoms with Gasteiger partial charge in [0.05, 0.1) is 113 Å². The third kappa shape index (κ3) is 13.3. The van der Waals surface area contributed by atoms with Crippen LogP contribution in [0.3, 0.4) is 0 Å². The second-order valence-electron chi connectivity index (χ2n) is 10.0. The van der Waals surface area contributed by atoms with Gasteiger partial charge in [0, 0.05) is 39.3 Å². The highest BCUT2D eigenvalue weighted by Crippen LogP contribution is 2.33. The van der Waals surface area contributed by atoms with Crippen LogP contribution < -0.4 is 19.3 Å². The Labute approximate surface area is 268 Å². The summed E-state index contributed by atoms with van der Waals surface area (Å²) in [6.45, 7) is 5.81. The SMILES string of the molecule is CN1CCOCCOCCOCCN(C)c2ccc([N+](=O)[O-])cc2OCCOCCOCCOCCOc2cc([N+](=O)[O-])ccc21. The Balaban J connectivity index is 1.52. The van der Waals surface area contributed by atoms with Gasteiger partial charge in [-0.15, -0.1) is 0 Å². The van der Waals surface area contributed by atoms with Crippen LogP contribution in [0, 0.1) is 20.2 Å². The molecule has 0 aromatic heterocycles. The van der Waals surface area contributed by atoms with Gasteiger partial charge in [-0.25, -0.2) is 0 Å². The first-order valence-corrected chi connectivity index (χ1v) is 15.1. The van der Waals surface area contributed by atoms with Crippen molar-refractivity contribution in [2.45, 2.75) is 0 Å². The van der Waals surface area contributed by atoms with Crippen LogP contribution in [0.4, 0.5) is 22.7 Å². The molecule has 0 saturated heterocycles. The highest BCUT2D eigenvalue weighted by molar-refractivity contribution is 5.63. The van der Waals surface area contributed by atoms with Crippen molar-refractivity contribution in [2.75, 3.05) is 129 Å². The molecule has 16 heteroatoms. The minimum atomic E-state index is -0.462. The maximum atomic E-state index is 11.3. The van der Waals surface area contributed by atoms with Crippen LogP contribution in [0.2, 0.25) is 0 Å². The lowest BCUT2D eigenvalue weighted by Gasteiger charge is -2.22. The van der Waals surface area contributed by atoms with Crippen molar-refractivity contribution in [1.29, 1.82) is 0 Å². The van der Waals surface area contributed by atoms with Crippen molar-refractivity contribution in [2.24, 2.45) is 0 Å². The van der Waals surface area contributed by atoms with Gasteiger partial charge in [0.15, 0.2) is 0 Å². The molecule has 2 aromatic rings. The molecule has 0 bridgehead atoms. The summed E-state index contributed by atoms with van der Waals surface area (Å²) in [4.78, 5) is 25.5. The number of nitro benzene ring substituents is 2. The smallest absolute Gasteiger partial charge is 0.273 e. The summed E-state index contributed by atoms with van der Waals surface area (Å²) in [7, 11) is 3.72. The molecule has 1 heterocycles. The van der Waals surface area contributed by atoms with E-state index in [-0.39, 0.29) is 37.8 Å². The first kappa shape index (κ1) is 36.7. The second-order valence-corrected chi connectivity index (χ2v) is 10.0. The molecule has 0 spiro atoms. The summed E-state index contributed by atoms with van der Waals surface area (Å²) in [5, 5.41) is 22.6. The largest absolute Gasteiger partial charge is 0.489 e. The van der Waals surface area contributed by atoms with Gasteiger partial charge < -0.3 is 47.7 Å². The molecular formula is C30H44N4O12. The van der Waals surface area contributed by atoms with Gasteiger partial charge in [0.2, 0.25) is 0 Å². The highest BCUT2D eigenvalue weighted by atomic mass is 16.6. The highest BCUT2D eigenvalue weighted by Gasteiger charge is 2.16. The van der Waals surface area contributed by atoms with Crippen LogP contribution in [0.5, 0.6) is 11.5 Å². The fourth-order valence-electron chi connectivity index (χ4n) is 4.24. The standard InChI is InChI=1S/C30H44N4O12/c1-31-7-9-39-11-13-41-14-12-40-10-8-32(2)28-6-4-26(34(37)38)24-30(28)46-22-20-44-18-16-42-15-17-43-19-21-45-29-23-25(33(35)36)3-5-27(29)31/h3-6,23-24H,7-22H2,1-2H3. The summed E-state index contributed by atoms with van der Waals surface area (Å²) in [6, 6.07) is 9.00. The van der Waals surface area contributed by atoms with Crippen LogP contribution in [0.1, 0.15) is 0 Å². The minimum Gasteiger partial charge on any atom is -0.489 e. The number of hydrogen-bond acceptors (Lipinski definition) is 14. The van der Waals surface area contributed by atoms with Gasteiger partial charge in [-0.1, -0.05) is 0 Å². The van der Waals surface area contributed by atoms with E-state index in [1.165, 1.54) is 24.3 Å². The first-order valence-electron chi connectivity index (χ1n) is 15.1. The Hall–Kier alpha value is -3.80. The van der Waals surface area contributed by atoms with E-state index in [0.29, 0.717) is 102 Å². The molecule has 0 unspecified atom stereocenters. The molecule has 3 rings (SSSR count). The molecule has 0 aliphatic carbocycles. The molecule has 0 atom stereocenters. The topological polar surface area (TPSA) is 167 Å². The zero-order valence-corrected chi connectivity index (χ0v) is 26.5. The predicted octanol–water partition coefficient (Wildman–Crippen LogP) is 2.95. The van der Waals surface area contributed by atoms with Gasteiger partial charge in [0.1, 0.15) is 24.7 Å². The van der Waals surface area contributed by atoms with E-state index in [1.54, 1.807) is 12.1 Å². The number of nitro groups is 2. The fourth-order valence-corrected chi connectivity index (χ4v) is 4.24. The fraction of sp³-hybridized carbons (Fsp3) is 0.600. The Morgan fingerprint density at radius 3 is 1.13 bits per heavy atom. The predicted molar refractivity (Wildman–Crippen MR) is 169 cm³/mol. The summed E-state index contributed by atoms with van der Waals surface area (Å²) in [5.74, 6) is 0.766. The average molecular weight is 653 g/mol. The third-order valence-corrected chi connectivity index (χ3v) is 6.73. The van der Waals surface area contributed by atoms with Gasteiger partial charge in [0.25, 0.3) is 11.4 Å². The zero-order valence-electron chi connectivity index (χ0n) is 26.5. The van der Waals surface area contributed by atoms with Gasteiger partial charge in [-0.05, 0) is 12.1 Å². The van der Waals surface area contributed by atoms with E-state index < -0.39 is 9.85 Å². The number of likely N-dealkylation sites (N-methyl/N-ethyl adjacent to an activating group) is 2. The number of nitrogens with zero attached hydrogens (tertiary/aromatic N) is 4. The van der Waals surface area contributed by atoms with Crippen molar-refractivity contribution >= 4 is 22.7 Å². The monoisotopic (exact) mass is 652 g/mol. The molecule has 0 radical (unpaired) electrons. The maximum absolute atomic E-state index is 11.3. The number of anilines is 2. The van der Waals surface area contributed by atoms with Gasteiger partial charge in [-0.2, -0.15) is 0 Å². The van der Waals surface area contributed by atoms with E-state index in [0.717, 1.165) is 0 Å². The van der Waals surface area contributed by atoms with E-state index in [9.17, 15) is 20.2 Å². The van der Waals surface area contributed by atoms with E-state index in [2.05, 4.69) is 0 Å². The molecule has 0 amide bonds. The second kappa shape index (κ2) is 21.1. The molecular weight excluding hydrogens is 608 g/mol. The Morgan fingerprint density at radius 2 is 0.804 bits per heavy atom. The maximum Gasteiger partial charge on any atom is 0.273 e. The van der Waals surface area contributed by atoms with Crippen molar-refractivity contribution in [3.8, 4) is 11.5 Å². The molecule has 0 saturated carbocycles. The summed E-state index contributed by atoms with van der Waals surface area (Å²) >= 11 is 0. The zero-order chi connectivity index (χ0) is 33.0.